The molecule has 10 heteroatoms. The van der Waals surface area contributed by atoms with Gasteiger partial charge in [-0.15, -0.1) is 10.2 Å². The van der Waals surface area contributed by atoms with Crippen LogP contribution < -0.4 is 4.90 Å². The molecular formula is C19H17ClN6O3. The number of carbonyl (C=O) groups excluding carboxylic acids is 1. The minimum Gasteiger partial charge on any atom is -0.368 e. The van der Waals surface area contributed by atoms with Crippen LogP contribution in [-0.2, 0) is 0 Å². The second-order valence-electron chi connectivity index (χ2n) is 6.59. The summed E-state index contributed by atoms with van der Waals surface area (Å²) in [5.74, 6) is -0.131. The van der Waals surface area contributed by atoms with Crippen molar-refractivity contribution in [3.05, 3.63) is 75.8 Å². The Morgan fingerprint density at radius 1 is 0.966 bits per heavy atom. The Bertz CT molecular complexity index is 1030. The summed E-state index contributed by atoms with van der Waals surface area (Å²) in [6.07, 6.45) is 3.11. The van der Waals surface area contributed by atoms with Crippen LogP contribution in [0.2, 0.25) is 5.02 Å². The maximum absolute atomic E-state index is 13.0. The monoisotopic (exact) mass is 412 g/mol. The average molecular weight is 413 g/mol. The molecule has 1 aliphatic heterocycles. The fourth-order valence-corrected chi connectivity index (χ4v) is 3.49. The van der Waals surface area contributed by atoms with E-state index in [4.69, 9.17) is 11.6 Å². The molecule has 29 heavy (non-hydrogen) atoms. The van der Waals surface area contributed by atoms with Crippen LogP contribution in [0.25, 0.3) is 5.69 Å². The first kappa shape index (κ1) is 18.9. The Hall–Kier alpha value is -3.46. The molecule has 3 aromatic rings. The molecule has 0 unspecified atom stereocenters. The molecule has 0 bridgehead atoms. The number of hydrogen-bond acceptors (Lipinski definition) is 6. The zero-order valence-electron chi connectivity index (χ0n) is 15.3. The molecule has 1 aliphatic rings. The number of non-ortho nitro benzene ring substituents is 1. The summed E-state index contributed by atoms with van der Waals surface area (Å²) < 4.78 is 1.71. The van der Waals surface area contributed by atoms with Gasteiger partial charge >= 0.3 is 0 Å². The number of nitrogens with zero attached hydrogens (tertiary/aromatic N) is 6. The fraction of sp³-hybridized carbons (Fsp3) is 0.211. The number of aromatic nitrogens is 3. The third kappa shape index (κ3) is 3.90. The summed E-state index contributed by atoms with van der Waals surface area (Å²) >= 11 is 6.28. The highest BCUT2D eigenvalue weighted by Crippen LogP contribution is 2.24. The maximum atomic E-state index is 13.0. The van der Waals surface area contributed by atoms with Gasteiger partial charge in [0.25, 0.3) is 11.6 Å². The Balaban J connectivity index is 1.45. The molecule has 2 heterocycles. The van der Waals surface area contributed by atoms with Crippen LogP contribution in [0, 0.1) is 10.1 Å². The number of nitro benzene ring substituents is 1. The van der Waals surface area contributed by atoms with Gasteiger partial charge in [-0.1, -0.05) is 11.6 Å². The van der Waals surface area contributed by atoms with Crippen LogP contribution in [0.4, 0.5) is 11.4 Å². The van der Waals surface area contributed by atoms with Crippen LogP contribution >= 0.6 is 11.6 Å². The van der Waals surface area contributed by atoms with Crippen LogP contribution in [-0.4, -0.2) is 56.7 Å². The lowest BCUT2D eigenvalue weighted by Gasteiger charge is -2.36. The highest BCUT2D eigenvalue weighted by molar-refractivity contribution is 6.33. The zero-order chi connectivity index (χ0) is 20.4. The summed E-state index contributed by atoms with van der Waals surface area (Å²) in [6, 6.07) is 11.7. The number of piperazine rings is 1. The van der Waals surface area contributed by atoms with Crippen molar-refractivity contribution in [1.29, 1.82) is 0 Å². The predicted molar refractivity (Wildman–Crippen MR) is 108 cm³/mol. The van der Waals surface area contributed by atoms with Gasteiger partial charge in [-0.3, -0.25) is 19.5 Å². The second-order valence-corrected chi connectivity index (χ2v) is 6.99. The van der Waals surface area contributed by atoms with Gasteiger partial charge in [-0.05, 0) is 30.3 Å². The van der Waals surface area contributed by atoms with Crippen LogP contribution in [0.5, 0.6) is 0 Å². The third-order valence-corrected chi connectivity index (χ3v) is 5.22. The zero-order valence-corrected chi connectivity index (χ0v) is 16.1. The molecule has 1 amide bonds. The van der Waals surface area contributed by atoms with Gasteiger partial charge in [-0.25, -0.2) is 0 Å². The number of nitro groups is 1. The van der Waals surface area contributed by atoms with Crippen molar-refractivity contribution in [3.63, 3.8) is 0 Å². The van der Waals surface area contributed by atoms with E-state index in [0.29, 0.717) is 36.8 Å². The minimum absolute atomic E-state index is 0.0604. The van der Waals surface area contributed by atoms with Gasteiger partial charge < -0.3 is 9.80 Å². The van der Waals surface area contributed by atoms with Gasteiger partial charge in [0.15, 0.2) is 0 Å². The van der Waals surface area contributed by atoms with Crippen molar-refractivity contribution < 1.29 is 9.72 Å². The summed E-state index contributed by atoms with van der Waals surface area (Å²) in [5.41, 5.74) is 2.15. The summed E-state index contributed by atoms with van der Waals surface area (Å²) in [4.78, 5) is 27.3. The summed E-state index contributed by atoms with van der Waals surface area (Å²) in [7, 11) is 0. The Labute approximate surface area is 171 Å². The van der Waals surface area contributed by atoms with E-state index in [1.807, 2.05) is 0 Å². The Morgan fingerprint density at radius 3 is 2.21 bits per heavy atom. The smallest absolute Gasteiger partial charge is 0.269 e. The molecule has 0 aliphatic carbocycles. The van der Waals surface area contributed by atoms with Crippen molar-refractivity contribution in [2.45, 2.75) is 0 Å². The van der Waals surface area contributed by atoms with E-state index in [9.17, 15) is 14.9 Å². The lowest BCUT2D eigenvalue weighted by Crippen LogP contribution is -2.48. The summed E-state index contributed by atoms with van der Waals surface area (Å²) in [5, 5.41) is 18.7. The van der Waals surface area contributed by atoms with Gasteiger partial charge in [0.1, 0.15) is 12.7 Å². The van der Waals surface area contributed by atoms with E-state index in [2.05, 4.69) is 15.1 Å². The highest BCUT2D eigenvalue weighted by Gasteiger charge is 2.24. The highest BCUT2D eigenvalue weighted by atomic mass is 35.5. The van der Waals surface area contributed by atoms with Crippen LogP contribution in [0.15, 0.2) is 55.1 Å². The number of benzene rings is 2. The Kier molecular flexibility index (Phi) is 5.13. The van der Waals surface area contributed by atoms with Crippen molar-refractivity contribution >= 4 is 28.9 Å². The molecule has 1 aromatic heterocycles. The van der Waals surface area contributed by atoms with E-state index in [-0.39, 0.29) is 11.6 Å². The average Bonchev–Trinajstić information content (AvgIpc) is 3.29. The van der Waals surface area contributed by atoms with Crippen molar-refractivity contribution in [2.24, 2.45) is 0 Å². The molecule has 0 saturated carbocycles. The normalized spacial score (nSPS) is 14.1. The number of hydrogen-bond donors (Lipinski definition) is 0. The quantitative estimate of drug-likeness (QED) is 0.482. The standard InChI is InChI=1S/C19H17ClN6O3/c20-18-6-5-16(25-12-21-22-13-25)11-17(18)19(27)24-9-7-23(8-10-24)14-1-3-15(4-2-14)26(28)29/h1-6,11-13H,7-10H2. The minimum atomic E-state index is -0.419. The van der Waals surface area contributed by atoms with Gasteiger partial charge in [0.05, 0.1) is 15.5 Å². The van der Waals surface area contributed by atoms with Gasteiger partial charge in [0.2, 0.25) is 0 Å². The molecule has 0 N–H and O–H groups in total. The number of rotatable bonds is 4. The summed E-state index contributed by atoms with van der Waals surface area (Å²) in [6.45, 7) is 2.32. The van der Waals surface area contributed by atoms with Gasteiger partial charge in [-0.2, -0.15) is 0 Å². The molecule has 0 spiro atoms. The van der Waals surface area contributed by atoms with Crippen LogP contribution in [0.3, 0.4) is 0 Å². The first-order valence-corrected chi connectivity index (χ1v) is 9.34. The van der Waals surface area contributed by atoms with E-state index in [1.54, 1.807) is 52.5 Å². The van der Waals surface area contributed by atoms with Crippen molar-refractivity contribution in [3.8, 4) is 5.69 Å². The van der Waals surface area contributed by atoms with Crippen molar-refractivity contribution in [1.82, 2.24) is 19.7 Å². The van der Waals surface area contributed by atoms with E-state index in [0.717, 1.165) is 11.4 Å². The molecule has 2 aromatic carbocycles. The van der Waals surface area contributed by atoms with Crippen molar-refractivity contribution in [2.75, 3.05) is 31.1 Å². The number of halogens is 1. The third-order valence-electron chi connectivity index (χ3n) is 4.89. The second kappa shape index (κ2) is 7.88. The van der Waals surface area contributed by atoms with Crippen LogP contribution in [0.1, 0.15) is 10.4 Å². The molecule has 9 nitrogen and oxygen atoms in total. The SMILES string of the molecule is O=C(c1cc(-n2cnnc2)ccc1Cl)N1CCN(c2ccc([N+](=O)[O-])cc2)CC1. The van der Waals surface area contributed by atoms with E-state index >= 15 is 0 Å². The molecule has 0 radical (unpaired) electrons. The fourth-order valence-electron chi connectivity index (χ4n) is 3.30. The Morgan fingerprint density at radius 2 is 1.59 bits per heavy atom. The molecule has 4 rings (SSSR count). The number of carbonyl (C=O) groups is 1. The molecule has 1 saturated heterocycles. The lowest BCUT2D eigenvalue weighted by atomic mass is 10.1. The maximum Gasteiger partial charge on any atom is 0.269 e. The molecular weight excluding hydrogens is 396 g/mol. The molecule has 148 valence electrons. The first-order valence-electron chi connectivity index (χ1n) is 8.96. The van der Waals surface area contributed by atoms with Gasteiger partial charge in [0, 0.05) is 49.7 Å². The number of amides is 1. The topological polar surface area (TPSA) is 97.4 Å². The molecule has 1 fully saturated rings. The molecule has 0 atom stereocenters. The lowest BCUT2D eigenvalue weighted by molar-refractivity contribution is -0.384. The number of anilines is 1. The first-order chi connectivity index (χ1) is 14.0. The predicted octanol–water partition coefficient (Wildman–Crippen LogP) is 2.79. The van der Waals surface area contributed by atoms with E-state index < -0.39 is 4.92 Å². The largest absolute Gasteiger partial charge is 0.368 e. The van der Waals surface area contributed by atoms with E-state index in [1.165, 1.54) is 12.1 Å².